The first kappa shape index (κ1) is 24.8. The maximum Gasteiger partial charge on any atom is 0.255 e. The highest BCUT2D eigenvalue weighted by Gasteiger charge is 2.27. The second kappa shape index (κ2) is 10.1. The largest absolute Gasteiger partial charge is 0.496 e. The molecule has 0 atom stereocenters. The van der Waals surface area contributed by atoms with Gasteiger partial charge in [-0.25, -0.2) is 4.98 Å². The molecule has 4 rings (SSSR count). The monoisotopic (exact) mass is 476 g/mol. The van der Waals surface area contributed by atoms with Gasteiger partial charge in [-0.1, -0.05) is 25.3 Å². The van der Waals surface area contributed by atoms with Crippen molar-refractivity contribution >= 4 is 23.3 Å². The van der Waals surface area contributed by atoms with E-state index in [1.54, 1.807) is 19.1 Å². The average Bonchev–Trinajstić information content (AvgIpc) is 2.95. The lowest BCUT2D eigenvalue weighted by Gasteiger charge is -2.31. The Labute approximate surface area is 208 Å². The number of carbonyl (C=O) groups excluding carboxylic acids is 2. The third kappa shape index (κ3) is 4.77. The summed E-state index contributed by atoms with van der Waals surface area (Å²) in [7, 11) is 7.26. The Hall–Kier alpha value is -3.35. The van der Waals surface area contributed by atoms with Crippen LogP contribution in [-0.4, -0.2) is 56.0 Å². The van der Waals surface area contributed by atoms with E-state index < -0.39 is 0 Å². The molecule has 1 saturated carbocycles. The summed E-state index contributed by atoms with van der Waals surface area (Å²) in [5.41, 5.74) is 4.82. The summed E-state index contributed by atoms with van der Waals surface area (Å²) in [4.78, 5) is 36.3. The number of pyridine rings is 1. The van der Waals surface area contributed by atoms with Gasteiger partial charge in [-0.3, -0.25) is 9.59 Å². The summed E-state index contributed by atoms with van der Waals surface area (Å²) < 4.78 is 5.68. The Morgan fingerprint density at radius 2 is 1.80 bits per heavy atom. The van der Waals surface area contributed by atoms with Gasteiger partial charge in [-0.05, 0) is 51.0 Å². The molecule has 2 heterocycles. The van der Waals surface area contributed by atoms with Crippen LogP contribution in [0.5, 0.6) is 5.75 Å². The quantitative estimate of drug-likeness (QED) is 0.621. The van der Waals surface area contributed by atoms with Crippen molar-refractivity contribution < 1.29 is 14.3 Å². The number of anilines is 2. The number of aromatic nitrogens is 1. The van der Waals surface area contributed by atoms with Crippen molar-refractivity contribution in [2.24, 2.45) is 0 Å². The fourth-order valence-corrected chi connectivity index (χ4v) is 5.07. The third-order valence-electron chi connectivity index (χ3n) is 7.61. The lowest BCUT2D eigenvalue weighted by molar-refractivity contribution is -0.114. The maximum absolute atomic E-state index is 13.1. The molecule has 1 fully saturated rings. The first-order valence-corrected chi connectivity index (χ1v) is 12.4. The van der Waals surface area contributed by atoms with E-state index in [0.717, 1.165) is 41.3 Å². The highest BCUT2D eigenvalue weighted by molar-refractivity contribution is 6.08. The van der Waals surface area contributed by atoms with Gasteiger partial charge in [0.2, 0.25) is 0 Å². The molecular formula is C28H36N4O3. The number of nitrogens with zero attached hydrogens (tertiary/aromatic N) is 4. The number of allylic oxidation sites excluding steroid dienone is 1. The Kier molecular flexibility index (Phi) is 7.15. The summed E-state index contributed by atoms with van der Waals surface area (Å²) >= 11 is 0. The van der Waals surface area contributed by atoms with E-state index in [9.17, 15) is 9.59 Å². The van der Waals surface area contributed by atoms with E-state index in [0.29, 0.717) is 29.3 Å². The zero-order valence-corrected chi connectivity index (χ0v) is 21.7. The number of benzene rings is 1. The van der Waals surface area contributed by atoms with Gasteiger partial charge >= 0.3 is 0 Å². The van der Waals surface area contributed by atoms with Gasteiger partial charge in [-0.15, -0.1) is 0 Å². The molecule has 7 nitrogen and oxygen atoms in total. The van der Waals surface area contributed by atoms with Gasteiger partial charge in [-0.2, -0.15) is 0 Å². The molecule has 0 N–H and O–H groups in total. The number of ether oxygens (including phenoxy) is 1. The summed E-state index contributed by atoms with van der Waals surface area (Å²) in [6.07, 6.45) is 6.33. The molecule has 1 aromatic heterocycles. The summed E-state index contributed by atoms with van der Waals surface area (Å²) in [6, 6.07) is 9.90. The summed E-state index contributed by atoms with van der Waals surface area (Å²) in [5.74, 6) is 1.43. The number of methoxy groups -OCH3 is 1. The van der Waals surface area contributed by atoms with Crippen LogP contribution in [-0.2, 0) is 11.2 Å². The minimum atomic E-state index is -0.0252. The molecule has 0 radical (unpaired) electrons. The first-order valence-electron chi connectivity index (χ1n) is 12.4. The lowest BCUT2D eigenvalue weighted by atomic mass is 9.94. The van der Waals surface area contributed by atoms with Crippen molar-refractivity contribution in [1.29, 1.82) is 0 Å². The fourth-order valence-electron chi connectivity index (χ4n) is 5.07. The Balaban J connectivity index is 1.59. The summed E-state index contributed by atoms with van der Waals surface area (Å²) in [6.45, 7) is 3.78. The minimum absolute atomic E-state index is 0.0252. The molecule has 1 aromatic carbocycles. The van der Waals surface area contributed by atoms with Crippen LogP contribution < -0.4 is 14.5 Å². The van der Waals surface area contributed by atoms with Gasteiger partial charge < -0.3 is 19.4 Å². The molecule has 2 aliphatic rings. The van der Waals surface area contributed by atoms with Crippen molar-refractivity contribution in [3.63, 3.8) is 0 Å². The molecule has 1 aliphatic heterocycles. The SMILES string of the molecule is COc1cc(C(=O)N(C)C2CCCCC2)ccc1Cc1ccc2c(n1)N(C)C(C)=C(C)C(=O)N2C. The van der Waals surface area contributed by atoms with E-state index in [-0.39, 0.29) is 11.8 Å². The molecule has 0 saturated heterocycles. The van der Waals surface area contributed by atoms with Gasteiger partial charge in [0.15, 0.2) is 5.82 Å². The zero-order chi connectivity index (χ0) is 25.3. The molecule has 35 heavy (non-hydrogen) atoms. The standard InChI is InChI=1S/C28H36N4O3/c1-18-19(2)30(3)26-24(32(5)27(18)33)15-14-22(29-26)16-20-12-13-21(17-25(20)35-6)28(34)31(4)23-10-8-7-9-11-23/h12-15,17,23H,7-11,16H2,1-6H3. The number of fused-ring (bicyclic) bond motifs is 1. The molecule has 0 spiro atoms. The Morgan fingerprint density at radius 1 is 1.09 bits per heavy atom. The predicted molar refractivity (Wildman–Crippen MR) is 139 cm³/mol. The van der Waals surface area contributed by atoms with Crippen LogP contribution in [0.4, 0.5) is 11.5 Å². The number of rotatable bonds is 5. The van der Waals surface area contributed by atoms with Crippen LogP contribution in [0, 0.1) is 0 Å². The van der Waals surface area contributed by atoms with Crippen molar-refractivity contribution in [1.82, 2.24) is 9.88 Å². The average molecular weight is 477 g/mol. The molecule has 0 bridgehead atoms. The van der Waals surface area contributed by atoms with E-state index in [1.807, 2.05) is 68.1 Å². The highest BCUT2D eigenvalue weighted by atomic mass is 16.5. The maximum atomic E-state index is 13.1. The normalized spacial score (nSPS) is 16.8. The second-order valence-corrected chi connectivity index (χ2v) is 9.69. The van der Waals surface area contributed by atoms with Crippen molar-refractivity contribution in [2.45, 2.75) is 58.4 Å². The van der Waals surface area contributed by atoms with Crippen molar-refractivity contribution in [3.8, 4) is 5.75 Å². The van der Waals surface area contributed by atoms with E-state index >= 15 is 0 Å². The van der Waals surface area contributed by atoms with E-state index in [2.05, 4.69) is 0 Å². The zero-order valence-electron chi connectivity index (χ0n) is 21.7. The van der Waals surface area contributed by atoms with E-state index in [4.69, 9.17) is 9.72 Å². The smallest absolute Gasteiger partial charge is 0.255 e. The van der Waals surface area contributed by atoms with Crippen LogP contribution in [0.1, 0.15) is 67.6 Å². The number of carbonyl (C=O) groups is 2. The van der Waals surface area contributed by atoms with Crippen LogP contribution in [0.3, 0.4) is 0 Å². The third-order valence-corrected chi connectivity index (χ3v) is 7.61. The molecule has 2 aromatic rings. The lowest BCUT2D eigenvalue weighted by Crippen LogP contribution is -2.38. The van der Waals surface area contributed by atoms with Gasteiger partial charge in [0.25, 0.3) is 11.8 Å². The Bertz CT molecular complexity index is 1170. The topological polar surface area (TPSA) is 66.0 Å². The Morgan fingerprint density at radius 3 is 2.49 bits per heavy atom. The van der Waals surface area contributed by atoms with Crippen molar-refractivity contribution in [3.05, 3.63) is 58.4 Å². The molecule has 1 aliphatic carbocycles. The molecule has 186 valence electrons. The molecule has 2 amide bonds. The number of likely N-dealkylation sites (N-methyl/N-ethyl adjacent to an activating group) is 1. The van der Waals surface area contributed by atoms with Gasteiger partial charge in [0, 0.05) is 61.7 Å². The molecule has 0 unspecified atom stereocenters. The number of hydrogen-bond donors (Lipinski definition) is 0. The highest BCUT2D eigenvalue weighted by Crippen LogP contribution is 2.34. The predicted octanol–water partition coefficient (Wildman–Crippen LogP) is 4.79. The molecular weight excluding hydrogens is 440 g/mol. The van der Waals surface area contributed by atoms with Crippen LogP contribution in [0.15, 0.2) is 41.6 Å². The van der Waals surface area contributed by atoms with Gasteiger partial charge in [0.05, 0.1) is 12.8 Å². The fraction of sp³-hybridized carbons (Fsp3) is 0.464. The van der Waals surface area contributed by atoms with Crippen molar-refractivity contribution in [2.75, 3.05) is 38.1 Å². The number of hydrogen-bond acceptors (Lipinski definition) is 5. The second-order valence-electron chi connectivity index (χ2n) is 9.69. The van der Waals surface area contributed by atoms with Crippen LogP contribution in [0.2, 0.25) is 0 Å². The van der Waals surface area contributed by atoms with Gasteiger partial charge in [0.1, 0.15) is 5.75 Å². The van der Waals surface area contributed by atoms with E-state index in [1.165, 1.54) is 19.3 Å². The van der Waals surface area contributed by atoms with Crippen LogP contribution in [0.25, 0.3) is 0 Å². The molecule has 7 heteroatoms. The summed E-state index contributed by atoms with van der Waals surface area (Å²) in [5, 5.41) is 0. The van der Waals surface area contributed by atoms with Crippen LogP contribution >= 0.6 is 0 Å². The number of amides is 2. The first-order chi connectivity index (χ1) is 16.7. The minimum Gasteiger partial charge on any atom is -0.496 e.